The highest BCUT2D eigenvalue weighted by Gasteiger charge is 0.836. The van der Waals surface area contributed by atoms with Gasteiger partial charge in [0.1, 0.15) is 0 Å². The maximum atomic E-state index is 4.50. The van der Waals surface area contributed by atoms with Crippen LogP contribution in [-0.4, -0.2) is 7.05 Å². The second-order valence-corrected chi connectivity index (χ2v) is 0. The van der Waals surface area contributed by atoms with Gasteiger partial charge in [0.25, 0.3) is 0 Å². The minimum atomic E-state index is 0. The van der Waals surface area contributed by atoms with Crippen LogP contribution in [0.1, 0.15) is 0 Å². The minimum absolute atomic E-state index is 0. The van der Waals surface area contributed by atoms with Gasteiger partial charge in [0.05, 0.1) is 0 Å². The third-order valence-corrected chi connectivity index (χ3v) is 0. The summed E-state index contributed by atoms with van der Waals surface area (Å²) in [6, 6.07) is 0. The number of rotatable bonds is 0. The summed E-state index contributed by atoms with van der Waals surface area (Å²) in [7, 11) is 1.50. The third kappa shape index (κ3) is 37.8. The summed E-state index contributed by atoms with van der Waals surface area (Å²) in [5, 5.41) is 0. The Balaban J connectivity index is -0.00000000500. The van der Waals surface area contributed by atoms with Crippen molar-refractivity contribution in [2.45, 2.75) is 0 Å². The Morgan fingerprint density at radius 3 is 1.00 bits per heavy atom. The third-order valence-electron chi connectivity index (χ3n) is 0. The van der Waals surface area contributed by atoms with Crippen LogP contribution in [0.4, 0.5) is 9.41 Å². The molecule has 0 spiro atoms. The van der Waals surface area contributed by atoms with E-state index in [-0.39, 0.29) is 9.41 Å². The number of halogens is 2. The van der Waals surface area contributed by atoms with Gasteiger partial charge in [-0.2, -0.15) is 0 Å². The molecule has 0 heterocycles. The maximum absolute atomic E-state index is 4.50. The Morgan fingerprint density at radius 1 is 1.00 bits per heavy atom. The lowest BCUT2D eigenvalue weighted by Gasteiger charge is -1.19. The van der Waals surface area contributed by atoms with Crippen LogP contribution in [0.2, 0.25) is 0 Å². The molecule has 0 saturated carbocycles. The first-order valence-corrected chi connectivity index (χ1v) is 0.577. The molecule has 1 nitrogen and oxygen atoms in total. The van der Waals surface area contributed by atoms with E-state index in [0.29, 0.717) is 0 Å². The van der Waals surface area contributed by atoms with Crippen molar-refractivity contribution in [3.8, 4) is 0 Å². The molecule has 0 rings (SSSR count). The first-order chi connectivity index (χ1) is 1.00. The Hall–Kier alpha value is -0.180. The van der Waals surface area contributed by atoms with Crippen molar-refractivity contribution in [1.82, 2.24) is 0 Å². The van der Waals surface area contributed by atoms with E-state index in [9.17, 15) is 0 Å². The molecule has 0 unspecified atom stereocenters. The largest absolute Gasteiger partial charge is 0.333 e. The molecular weight excluding hydrogens is 64.0 g/mol. The molecule has 0 aliphatic heterocycles. The molecule has 0 saturated heterocycles. The van der Waals surface area contributed by atoms with Crippen molar-refractivity contribution in [1.29, 1.82) is 0 Å². The van der Waals surface area contributed by atoms with Gasteiger partial charge in [-0.3, -0.25) is 9.41 Å². The highest BCUT2D eigenvalue weighted by Crippen LogP contribution is 0.469. The van der Waals surface area contributed by atoms with Gasteiger partial charge in [-0.05, 0) is 7.05 Å². The summed E-state index contributed by atoms with van der Waals surface area (Å²) >= 11 is 0. The Bertz CT molecular complexity index is 6.00. The highest BCUT2D eigenvalue weighted by molar-refractivity contribution is 3.54. The molecule has 3 heteroatoms. The van der Waals surface area contributed by atoms with E-state index in [0.717, 1.165) is 0 Å². The van der Waals surface area contributed by atoms with Crippen molar-refractivity contribution in [3.05, 3.63) is 0 Å². The van der Waals surface area contributed by atoms with Gasteiger partial charge in [-0.1, -0.05) is 0 Å². The van der Waals surface area contributed by atoms with Crippen molar-refractivity contribution in [2.24, 2.45) is 5.73 Å². The van der Waals surface area contributed by atoms with Crippen LogP contribution in [0.3, 0.4) is 0 Å². The molecule has 4 heavy (non-hydrogen) atoms. The van der Waals surface area contributed by atoms with E-state index in [1.165, 1.54) is 7.05 Å². The molecular formula is CH7F2N. The van der Waals surface area contributed by atoms with Crippen LogP contribution in [-0.2, 0) is 0 Å². The average molecular weight is 71.1 g/mol. The summed E-state index contributed by atoms with van der Waals surface area (Å²) < 4.78 is 0. The van der Waals surface area contributed by atoms with Gasteiger partial charge in [0, 0.05) is 0 Å². The monoisotopic (exact) mass is 71.1 g/mol. The fraction of sp³-hybridized carbons (Fsp3) is 1.00. The summed E-state index contributed by atoms with van der Waals surface area (Å²) in [5.74, 6) is 0. The minimum Gasteiger partial charge on any atom is -0.333 e. The predicted molar refractivity (Wildman–Crippen MR) is 15.1 cm³/mol. The zero-order valence-electron chi connectivity index (χ0n) is 2.39. The van der Waals surface area contributed by atoms with Gasteiger partial charge in [0.15, 0.2) is 0 Å². The highest BCUT2D eigenvalue weighted by atomic mass is 19.0. The molecule has 0 radical (unpaired) electrons. The van der Waals surface area contributed by atoms with Crippen LogP contribution in [0.5, 0.6) is 0 Å². The van der Waals surface area contributed by atoms with E-state index >= 15 is 0 Å². The fourth-order valence-electron chi connectivity index (χ4n) is 0. The zero-order valence-corrected chi connectivity index (χ0v) is 2.39. The second-order valence-electron chi connectivity index (χ2n) is 0. The van der Waals surface area contributed by atoms with Gasteiger partial charge < -0.3 is 5.73 Å². The fourth-order valence-corrected chi connectivity index (χ4v) is 0. The lowest BCUT2D eigenvalue weighted by atomic mass is 11.6. The van der Waals surface area contributed by atoms with E-state index in [4.69, 9.17) is 0 Å². The van der Waals surface area contributed by atoms with Crippen LogP contribution in [0.15, 0.2) is 0 Å². The molecule has 0 fully saturated rings. The summed E-state index contributed by atoms with van der Waals surface area (Å²) in [6.07, 6.45) is 0. The first-order valence-electron chi connectivity index (χ1n) is 0.577. The van der Waals surface area contributed by atoms with Gasteiger partial charge >= 0.3 is 0 Å². The van der Waals surface area contributed by atoms with E-state index in [1.807, 2.05) is 0 Å². The number of nitrogens with two attached hydrogens (primary N) is 1. The van der Waals surface area contributed by atoms with Crippen molar-refractivity contribution in [3.63, 3.8) is 0 Å². The molecule has 0 aromatic carbocycles. The number of hydrogen-bond acceptors (Lipinski definition) is 1. The molecule has 0 atom stereocenters. The molecule has 0 bridgehead atoms. The lowest BCUT2D eigenvalue weighted by molar-refractivity contribution is 1.11. The van der Waals surface area contributed by atoms with Crippen molar-refractivity contribution in [2.75, 3.05) is 7.05 Å². The molecule has 0 aromatic rings. The van der Waals surface area contributed by atoms with Crippen LogP contribution < -0.4 is 5.73 Å². The van der Waals surface area contributed by atoms with E-state index in [1.54, 1.807) is 0 Å². The predicted octanol–water partition coefficient (Wildman–Crippen LogP) is -0.120. The lowest BCUT2D eigenvalue weighted by Crippen LogP contribution is -1.69. The molecule has 2 N–H and O–H groups in total. The van der Waals surface area contributed by atoms with Crippen LogP contribution in [0.25, 0.3) is 0 Å². The van der Waals surface area contributed by atoms with Gasteiger partial charge in [0.2, 0.25) is 0 Å². The van der Waals surface area contributed by atoms with Crippen molar-refractivity contribution < 1.29 is 9.41 Å². The summed E-state index contributed by atoms with van der Waals surface area (Å²) in [4.78, 5) is 0. The number of hydrogen-bond donors (Lipinski definition) is 1. The topological polar surface area (TPSA) is 26.0 Å². The maximum Gasteiger partial charge on any atom is -0.0195 e. The molecule has 30 valence electrons. The van der Waals surface area contributed by atoms with Crippen LogP contribution >= 0.6 is 0 Å². The normalized spacial score (nSPS) is 1.50. The van der Waals surface area contributed by atoms with Gasteiger partial charge in [-0.15, -0.1) is 0 Å². The van der Waals surface area contributed by atoms with Gasteiger partial charge in [-0.25, -0.2) is 0 Å². The van der Waals surface area contributed by atoms with E-state index in [2.05, 4.69) is 5.73 Å². The Labute approximate surface area is 23.5 Å². The molecule has 0 aliphatic rings. The molecule has 0 amide bonds. The summed E-state index contributed by atoms with van der Waals surface area (Å²) in [5.41, 5.74) is 4.50. The van der Waals surface area contributed by atoms with Crippen LogP contribution in [0, 0.1) is 0 Å². The smallest absolute Gasteiger partial charge is 0.0195 e. The zero-order chi connectivity index (χ0) is 2.00. The standard InChI is InChI=1S/CH5N.2FH/c1-2;;/h2H2,1H3;2*1H. The summed E-state index contributed by atoms with van der Waals surface area (Å²) in [6.45, 7) is 0. The van der Waals surface area contributed by atoms with E-state index < -0.39 is 0 Å². The quantitative estimate of drug-likeness (QED) is 0.423. The first kappa shape index (κ1) is 45.2. The second kappa shape index (κ2) is 288. The van der Waals surface area contributed by atoms with Crippen molar-refractivity contribution >= 4 is 0 Å². The average Bonchev–Trinajstić information content (AvgIpc) is 1.00. The Morgan fingerprint density at radius 2 is 1.00 bits per heavy atom. The Kier molecular flexibility index (Phi) is 3260. The molecule has 0 aliphatic carbocycles. The SMILES string of the molecule is CN.F.F. The molecule has 0 aromatic heterocycles.